The Kier molecular flexibility index (Phi) is 6.50. The van der Waals surface area contributed by atoms with Gasteiger partial charge in [-0.1, -0.05) is 23.7 Å². The van der Waals surface area contributed by atoms with Crippen molar-refractivity contribution < 1.29 is 17.9 Å². The maximum Gasteiger partial charge on any atom is 0.252 e. The first kappa shape index (κ1) is 20.1. The van der Waals surface area contributed by atoms with Crippen molar-refractivity contribution in [2.45, 2.75) is 13.8 Å². The fourth-order valence-corrected chi connectivity index (χ4v) is 3.10. The minimum absolute atomic E-state index is 0.159. The van der Waals surface area contributed by atoms with Gasteiger partial charge >= 0.3 is 0 Å². The Morgan fingerprint density at radius 1 is 1.19 bits per heavy atom. The molecule has 0 fully saturated rings. The van der Waals surface area contributed by atoms with Crippen molar-refractivity contribution >= 4 is 33.2 Å². The lowest BCUT2D eigenvalue weighted by molar-refractivity contribution is 0.0947. The van der Waals surface area contributed by atoms with Gasteiger partial charge in [0.25, 0.3) is 5.91 Å². The number of rotatable bonds is 7. The third-order valence-electron chi connectivity index (χ3n) is 3.72. The number of sulfonamides is 1. The number of anilines is 1. The Bertz CT molecular complexity index is 913. The molecule has 0 aromatic heterocycles. The van der Waals surface area contributed by atoms with E-state index in [9.17, 15) is 13.2 Å². The minimum Gasteiger partial charge on any atom is -0.491 e. The smallest absolute Gasteiger partial charge is 0.252 e. The topological polar surface area (TPSA) is 84.5 Å². The Labute approximate surface area is 158 Å². The molecule has 2 aromatic carbocycles. The molecule has 1 amide bonds. The Hall–Kier alpha value is -2.25. The van der Waals surface area contributed by atoms with Crippen molar-refractivity contribution in [2.24, 2.45) is 0 Å². The van der Waals surface area contributed by atoms with Crippen molar-refractivity contribution in [2.75, 3.05) is 24.1 Å². The summed E-state index contributed by atoms with van der Waals surface area (Å²) < 4.78 is 30.4. The van der Waals surface area contributed by atoms with Crippen molar-refractivity contribution in [3.63, 3.8) is 0 Å². The number of hydrogen-bond acceptors (Lipinski definition) is 4. The van der Waals surface area contributed by atoms with Gasteiger partial charge in [0.05, 0.1) is 23.4 Å². The summed E-state index contributed by atoms with van der Waals surface area (Å²) in [5, 5.41) is 2.88. The van der Waals surface area contributed by atoms with Crippen LogP contribution in [0, 0.1) is 13.8 Å². The molecule has 8 heteroatoms. The van der Waals surface area contributed by atoms with E-state index < -0.39 is 10.0 Å². The first-order valence-corrected chi connectivity index (χ1v) is 10.2. The standard InChI is InChI=1S/C18H21ClN2O4S/c1-12-5-4-6-17(13(12)2)25-10-9-20-18(22)15-8-7-14(11-16(15)19)21-26(3,23)24/h4-8,11,21H,9-10H2,1-3H3,(H,20,22). The van der Waals surface area contributed by atoms with Gasteiger partial charge in [-0.2, -0.15) is 0 Å². The number of amides is 1. The van der Waals surface area contributed by atoms with Gasteiger partial charge < -0.3 is 10.1 Å². The van der Waals surface area contributed by atoms with Gasteiger partial charge in [0.2, 0.25) is 10.0 Å². The number of hydrogen-bond donors (Lipinski definition) is 2. The van der Waals surface area contributed by atoms with Gasteiger partial charge in [-0.15, -0.1) is 0 Å². The fraction of sp³-hybridized carbons (Fsp3) is 0.278. The lowest BCUT2D eigenvalue weighted by Crippen LogP contribution is -2.28. The maximum atomic E-state index is 12.2. The van der Waals surface area contributed by atoms with E-state index >= 15 is 0 Å². The Morgan fingerprint density at radius 2 is 1.92 bits per heavy atom. The molecule has 2 aromatic rings. The molecule has 0 radical (unpaired) electrons. The van der Waals surface area contributed by atoms with E-state index in [1.807, 2.05) is 32.0 Å². The SMILES string of the molecule is Cc1cccc(OCCNC(=O)c2ccc(NS(C)(=O)=O)cc2Cl)c1C. The third-order valence-corrected chi connectivity index (χ3v) is 4.64. The average molecular weight is 397 g/mol. The number of ether oxygens (including phenoxy) is 1. The van der Waals surface area contributed by atoms with Gasteiger partial charge in [0.1, 0.15) is 12.4 Å². The van der Waals surface area contributed by atoms with Gasteiger partial charge in [-0.05, 0) is 49.2 Å². The van der Waals surface area contributed by atoms with Gasteiger partial charge in [0.15, 0.2) is 0 Å². The summed E-state index contributed by atoms with van der Waals surface area (Å²) in [6.45, 7) is 4.62. The molecule has 6 nitrogen and oxygen atoms in total. The van der Waals surface area contributed by atoms with E-state index in [1.165, 1.54) is 18.2 Å². The summed E-state index contributed by atoms with van der Waals surface area (Å²) >= 11 is 6.07. The molecule has 0 spiro atoms. The van der Waals surface area contributed by atoms with Crippen molar-refractivity contribution in [3.8, 4) is 5.75 Å². The van der Waals surface area contributed by atoms with Gasteiger partial charge in [-0.25, -0.2) is 8.42 Å². The molecule has 26 heavy (non-hydrogen) atoms. The molecule has 0 unspecified atom stereocenters. The van der Waals surface area contributed by atoms with Crippen LogP contribution in [0.5, 0.6) is 5.75 Å². The van der Waals surface area contributed by atoms with E-state index in [1.54, 1.807) is 0 Å². The highest BCUT2D eigenvalue weighted by Crippen LogP contribution is 2.22. The highest BCUT2D eigenvalue weighted by Gasteiger charge is 2.12. The first-order chi connectivity index (χ1) is 12.2. The van der Waals surface area contributed by atoms with Crippen LogP contribution in [0.4, 0.5) is 5.69 Å². The highest BCUT2D eigenvalue weighted by atomic mass is 35.5. The minimum atomic E-state index is -3.40. The average Bonchev–Trinajstić information content (AvgIpc) is 2.53. The zero-order valence-electron chi connectivity index (χ0n) is 14.8. The second-order valence-corrected chi connectivity index (χ2v) is 8.03. The number of carbonyl (C=O) groups is 1. The molecular weight excluding hydrogens is 376 g/mol. The van der Waals surface area contributed by atoms with E-state index in [4.69, 9.17) is 16.3 Å². The number of nitrogens with one attached hydrogen (secondary N) is 2. The molecule has 0 bridgehead atoms. The van der Waals surface area contributed by atoms with E-state index in [-0.39, 0.29) is 16.5 Å². The van der Waals surface area contributed by atoms with Crippen molar-refractivity contribution in [1.29, 1.82) is 0 Å². The molecule has 140 valence electrons. The number of benzene rings is 2. The summed E-state index contributed by atoms with van der Waals surface area (Å²) in [5.41, 5.74) is 2.77. The maximum absolute atomic E-state index is 12.2. The molecule has 0 atom stereocenters. The van der Waals surface area contributed by atoms with E-state index in [2.05, 4.69) is 10.0 Å². The van der Waals surface area contributed by atoms with Crippen LogP contribution in [-0.2, 0) is 10.0 Å². The number of carbonyl (C=O) groups excluding carboxylic acids is 1. The van der Waals surface area contributed by atoms with Crippen LogP contribution >= 0.6 is 11.6 Å². The van der Waals surface area contributed by atoms with Crippen LogP contribution in [-0.4, -0.2) is 33.7 Å². The quantitative estimate of drug-likeness (QED) is 0.704. The molecule has 0 aliphatic carbocycles. The lowest BCUT2D eigenvalue weighted by atomic mass is 10.1. The number of aryl methyl sites for hydroxylation is 1. The molecule has 2 rings (SSSR count). The molecule has 0 saturated heterocycles. The fourth-order valence-electron chi connectivity index (χ4n) is 2.28. The van der Waals surface area contributed by atoms with Crippen LogP contribution in [0.3, 0.4) is 0 Å². The molecule has 2 N–H and O–H groups in total. The predicted molar refractivity (Wildman–Crippen MR) is 104 cm³/mol. The predicted octanol–water partition coefficient (Wildman–Crippen LogP) is 3.14. The highest BCUT2D eigenvalue weighted by molar-refractivity contribution is 7.92. The van der Waals surface area contributed by atoms with Crippen LogP contribution < -0.4 is 14.8 Å². The van der Waals surface area contributed by atoms with Crippen LogP contribution in [0.25, 0.3) is 0 Å². The second-order valence-electron chi connectivity index (χ2n) is 5.87. The summed E-state index contributed by atoms with van der Waals surface area (Å²) in [6.07, 6.45) is 1.04. The zero-order chi connectivity index (χ0) is 19.3. The van der Waals surface area contributed by atoms with Crippen LogP contribution in [0.1, 0.15) is 21.5 Å². The van der Waals surface area contributed by atoms with Crippen molar-refractivity contribution in [3.05, 3.63) is 58.1 Å². The lowest BCUT2D eigenvalue weighted by Gasteiger charge is -2.12. The zero-order valence-corrected chi connectivity index (χ0v) is 16.4. The monoisotopic (exact) mass is 396 g/mol. The Morgan fingerprint density at radius 3 is 2.58 bits per heavy atom. The number of halogens is 1. The van der Waals surface area contributed by atoms with Gasteiger partial charge in [-0.3, -0.25) is 9.52 Å². The van der Waals surface area contributed by atoms with Crippen molar-refractivity contribution in [1.82, 2.24) is 5.32 Å². The molecule has 0 heterocycles. The van der Waals surface area contributed by atoms with E-state index in [0.717, 1.165) is 23.1 Å². The van der Waals surface area contributed by atoms with Crippen LogP contribution in [0.15, 0.2) is 36.4 Å². The van der Waals surface area contributed by atoms with E-state index in [0.29, 0.717) is 18.8 Å². The summed E-state index contributed by atoms with van der Waals surface area (Å²) in [4.78, 5) is 12.2. The normalized spacial score (nSPS) is 11.1. The summed E-state index contributed by atoms with van der Waals surface area (Å²) in [7, 11) is -3.40. The Balaban J connectivity index is 1.91. The second kappa shape index (κ2) is 8.42. The van der Waals surface area contributed by atoms with Gasteiger partial charge in [0, 0.05) is 5.69 Å². The molecule has 0 aliphatic rings. The third kappa shape index (κ3) is 5.64. The molecule has 0 aliphatic heterocycles. The largest absolute Gasteiger partial charge is 0.491 e. The molecule has 0 saturated carbocycles. The summed E-state index contributed by atoms with van der Waals surface area (Å²) in [5.74, 6) is 0.430. The first-order valence-electron chi connectivity index (χ1n) is 7.92. The van der Waals surface area contributed by atoms with Crippen LogP contribution in [0.2, 0.25) is 5.02 Å². The summed E-state index contributed by atoms with van der Waals surface area (Å²) in [6, 6.07) is 10.2. The molecular formula is C18H21ClN2O4S.